The van der Waals surface area contributed by atoms with Gasteiger partial charge in [0, 0.05) is 18.0 Å². The van der Waals surface area contributed by atoms with Crippen LogP contribution in [-0.2, 0) is 6.42 Å². The zero-order valence-corrected chi connectivity index (χ0v) is 11.2. The third-order valence-electron chi connectivity index (χ3n) is 3.18. The number of rotatable bonds is 5. The van der Waals surface area contributed by atoms with Crippen LogP contribution in [0.4, 0.5) is 0 Å². The van der Waals surface area contributed by atoms with Gasteiger partial charge in [0.05, 0.1) is 6.61 Å². The summed E-state index contributed by atoms with van der Waals surface area (Å²) in [5, 5.41) is 0. The fourth-order valence-electron chi connectivity index (χ4n) is 2.24. The maximum atomic E-state index is 5.81. The van der Waals surface area contributed by atoms with Crippen LogP contribution in [0, 0.1) is 0 Å². The van der Waals surface area contributed by atoms with E-state index in [1.165, 1.54) is 5.56 Å². The van der Waals surface area contributed by atoms with E-state index in [2.05, 4.69) is 4.98 Å². The number of benzene rings is 1. The van der Waals surface area contributed by atoms with Gasteiger partial charge in [-0.1, -0.05) is 6.07 Å². The third kappa shape index (κ3) is 3.02. The lowest BCUT2D eigenvalue weighted by Gasteiger charge is -2.20. The first-order valence-corrected chi connectivity index (χ1v) is 6.84. The molecule has 2 aromatic rings. The van der Waals surface area contributed by atoms with Crippen molar-refractivity contribution in [1.82, 2.24) is 4.98 Å². The van der Waals surface area contributed by atoms with E-state index in [9.17, 15) is 0 Å². The largest absolute Gasteiger partial charge is 0.493 e. The Kier molecular flexibility index (Phi) is 4.01. The molecule has 20 heavy (non-hydrogen) atoms. The van der Waals surface area contributed by atoms with Gasteiger partial charge in [0.1, 0.15) is 30.5 Å². The third-order valence-corrected chi connectivity index (χ3v) is 3.18. The molecule has 0 aliphatic carbocycles. The summed E-state index contributed by atoms with van der Waals surface area (Å²) < 4.78 is 17.0. The molecule has 1 aromatic heterocycles. The molecule has 0 saturated carbocycles. The first-order chi connectivity index (χ1) is 9.93. The summed E-state index contributed by atoms with van der Waals surface area (Å²) in [6.07, 6.45) is 5.47. The summed E-state index contributed by atoms with van der Waals surface area (Å²) in [5.41, 5.74) is 1.17. The highest BCUT2D eigenvalue weighted by molar-refractivity contribution is 5.45. The molecule has 2 heterocycles. The van der Waals surface area contributed by atoms with E-state index in [1.807, 2.05) is 30.3 Å². The van der Waals surface area contributed by atoms with E-state index in [1.54, 1.807) is 12.4 Å². The molecule has 0 atom stereocenters. The maximum absolute atomic E-state index is 5.81. The Morgan fingerprint density at radius 1 is 1.05 bits per heavy atom. The van der Waals surface area contributed by atoms with E-state index in [0.717, 1.165) is 36.7 Å². The van der Waals surface area contributed by atoms with Crippen LogP contribution in [0.5, 0.6) is 17.2 Å². The van der Waals surface area contributed by atoms with E-state index in [4.69, 9.17) is 14.2 Å². The standard InChI is InChI=1S/C16H17NO3/c1-4-15-14(3-2-10-19-15)16(5-1)20-12-11-18-13-6-8-17-9-7-13/h1,4-9H,2-3,10-12H2. The van der Waals surface area contributed by atoms with Crippen LogP contribution in [0.15, 0.2) is 42.7 Å². The summed E-state index contributed by atoms with van der Waals surface area (Å²) >= 11 is 0. The normalized spacial score (nSPS) is 13.2. The lowest BCUT2D eigenvalue weighted by molar-refractivity contribution is 0.212. The first kappa shape index (κ1) is 12.8. The van der Waals surface area contributed by atoms with Crippen molar-refractivity contribution in [1.29, 1.82) is 0 Å². The zero-order valence-electron chi connectivity index (χ0n) is 11.2. The van der Waals surface area contributed by atoms with Crippen molar-refractivity contribution in [3.8, 4) is 17.2 Å². The molecular weight excluding hydrogens is 254 g/mol. The minimum atomic E-state index is 0.508. The first-order valence-electron chi connectivity index (χ1n) is 6.84. The number of fused-ring (bicyclic) bond motifs is 1. The number of pyridine rings is 1. The fourth-order valence-corrected chi connectivity index (χ4v) is 2.24. The van der Waals surface area contributed by atoms with Gasteiger partial charge in [0.15, 0.2) is 0 Å². The smallest absolute Gasteiger partial charge is 0.126 e. The Labute approximate surface area is 118 Å². The molecule has 104 valence electrons. The van der Waals surface area contributed by atoms with Gasteiger partial charge in [-0.25, -0.2) is 0 Å². The van der Waals surface area contributed by atoms with Crippen molar-refractivity contribution < 1.29 is 14.2 Å². The molecule has 1 aliphatic heterocycles. The highest BCUT2D eigenvalue weighted by Crippen LogP contribution is 2.32. The summed E-state index contributed by atoms with van der Waals surface area (Å²) in [5.74, 6) is 2.66. The lowest BCUT2D eigenvalue weighted by atomic mass is 10.1. The van der Waals surface area contributed by atoms with Gasteiger partial charge in [0.25, 0.3) is 0 Å². The van der Waals surface area contributed by atoms with Crippen LogP contribution in [0.2, 0.25) is 0 Å². The molecular formula is C16H17NO3. The van der Waals surface area contributed by atoms with Gasteiger partial charge in [-0.2, -0.15) is 0 Å². The van der Waals surface area contributed by atoms with Crippen molar-refractivity contribution in [3.05, 3.63) is 48.3 Å². The number of ether oxygens (including phenoxy) is 3. The van der Waals surface area contributed by atoms with Crippen molar-refractivity contribution in [3.63, 3.8) is 0 Å². The van der Waals surface area contributed by atoms with E-state index >= 15 is 0 Å². The van der Waals surface area contributed by atoms with Crippen LogP contribution in [0.3, 0.4) is 0 Å². The van der Waals surface area contributed by atoms with E-state index < -0.39 is 0 Å². The molecule has 0 bridgehead atoms. The van der Waals surface area contributed by atoms with E-state index in [-0.39, 0.29) is 0 Å². The Morgan fingerprint density at radius 3 is 2.80 bits per heavy atom. The molecule has 0 unspecified atom stereocenters. The monoisotopic (exact) mass is 271 g/mol. The van der Waals surface area contributed by atoms with Crippen molar-refractivity contribution in [2.45, 2.75) is 12.8 Å². The van der Waals surface area contributed by atoms with Crippen molar-refractivity contribution >= 4 is 0 Å². The SMILES string of the molecule is c1cc2c(c(OCCOc3ccncc3)c1)CCCO2. The van der Waals surface area contributed by atoms with Crippen LogP contribution in [0.1, 0.15) is 12.0 Å². The minimum absolute atomic E-state index is 0.508. The van der Waals surface area contributed by atoms with E-state index in [0.29, 0.717) is 13.2 Å². The maximum Gasteiger partial charge on any atom is 0.126 e. The second-order valence-electron chi connectivity index (χ2n) is 4.56. The van der Waals surface area contributed by atoms with Gasteiger partial charge in [-0.05, 0) is 37.1 Å². The average molecular weight is 271 g/mol. The number of nitrogens with zero attached hydrogens (tertiary/aromatic N) is 1. The van der Waals surface area contributed by atoms with Gasteiger partial charge < -0.3 is 14.2 Å². The van der Waals surface area contributed by atoms with Crippen LogP contribution >= 0.6 is 0 Å². The summed E-state index contributed by atoms with van der Waals surface area (Å²) in [6, 6.07) is 9.61. The predicted octanol–water partition coefficient (Wildman–Crippen LogP) is 2.86. The highest BCUT2D eigenvalue weighted by Gasteiger charge is 2.14. The molecule has 1 aromatic carbocycles. The van der Waals surface area contributed by atoms with Gasteiger partial charge in [0.2, 0.25) is 0 Å². The Hall–Kier alpha value is -2.23. The van der Waals surface area contributed by atoms with Gasteiger partial charge >= 0.3 is 0 Å². The second kappa shape index (κ2) is 6.28. The van der Waals surface area contributed by atoms with Crippen LogP contribution in [-0.4, -0.2) is 24.8 Å². The molecule has 3 rings (SSSR count). The quantitative estimate of drug-likeness (QED) is 0.784. The molecule has 0 fully saturated rings. The second-order valence-corrected chi connectivity index (χ2v) is 4.56. The predicted molar refractivity (Wildman–Crippen MR) is 75.5 cm³/mol. The summed E-state index contributed by atoms with van der Waals surface area (Å²) in [4.78, 5) is 3.94. The van der Waals surface area contributed by atoms with Crippen LogP contribution in [0.25, 0.3) is 0 Å². The zero-order chi connectivity index (χ0) is 13.6. The summed E-state index contributed by atoms with van der Waals surface area (Å²) in [6.45, 7) is 1.81. The topological polar surface area (TPSA) is 40.6 Å². The minimum Gasteiger partial charge on any atom is -0.493 e. The molecule has 0 amide bonds. The Bertz CT molecular complexity index is 557. The van der Waals surface area contributed by atoms with Crippen molar-refractivity contribution in [2.24, 2.45) is 0 Å². The van der Waals surface area contributed by atoms with Gasteiger partial charge in [-0.3, -0.25) is 4.98 Å². The van der Waals surface area contributed by atoms with Crippen molar-refractivity contribution in [2.75, 3.05) is 19.8 Å². The summed E-state index contributed by atoms with van der Waals surface area (Å²) in [7, 11) is 0. The fraction of sp³-hybridized carbons (Fsp3) is 0.312. The number of aromatic nitrogens is 1. The molecule has 0 spiro atoms. The molecule has 4 nitrogen and oxygen atoms in total. The Morgan fingerprint density at radius 2 is 1.90 bits per heavy atom. The molecule has 0 N–H and O–H groups in total. The Balaban J connectivity index is 1.54. The molecule has 4 heteroatoms. The number of hydrogen-bond acceptors (Lipinski definition) is 4. The lowest BCUT2D eigenvalue weighted by Crippen LogP contribution is -2.13. The number of hydrogen-bond donors (Lipinski definition) is 0. The molecule has 0 saturated heterocycles. The highest BCUT2D eigenvalue weighted by atomic mass is 16.5. The average Bonchev–Trinajstić information content (AvgIpc) is 2.53. The molecule has 1 aliphatic rings. The van der Waals surface area contributed by atoms with Gasteiger partial charge in [-0.15, -0.1) is 0 Å². The van der Waals surface area contributed by atoms with Crippen LogP contribution < -0.4 is 14.2 Å². The molecule has 0 radical (unpaired) electrons.